The Labute approximate surface area is 151 Å². The average molecular weight is 370 g/mol. The third-order valence-corrected chi connectivity index (χ3v) is 4.35. The molecular formula is C18H24F2N2O4. The first-order valence-corrected chi connectivity index (χ1v) is 8.51. The van der Waals surface area contributed by atoms with E-state index in [9.17, 15) is 13.6 Å². The van der Waals surface area contributed by atoms with Crippen molar-refractivity contribution in [1.29, 1.82) is 0 Å². The highest BCUT2D eigenvalue weighted by atomic mass is 19.3. The lowest BCUT2D eigenvalue weighted by Gasteiger charge is -2.38. The summed E-state index contributed by atoms with van der Waals surface area (Å²) in [6.07, 6.45) is 4.49. The van der Waals surface area contributed by atoms with Gasteiger partial charge in [-0.2, -0.15) is 8.78 Å². The van der Waals surface area contributed by atoms with Gasteiger partial charge in [-0.3, -0.25) is 4.79 Å². The van der Waals surface area contributed by atoms with Crippen LogP contribution >= 0.6 is 0 Å². The van der Waals surface area contributed by atoms with E-state index in [-0.39, 0.29) is 36.1 Å². The normalized spacial score (nSPS) is 20.5. The van der Waals surface area contributed by atoms with Gasteiger partial charge in [0.05, 0.1) is 13.3 Å². The molecule has 2 rings (SSSR count). The number of rotatable bonds is 7. The molecule has 1 aromatic carbocycles. The highest BCUT2D eigenvalue weighted by Crippen LogP contribution is 2.29. The van der Waals surface area contributed by atoms with E-state index in [4.69, 9.17) is 9.57 Å². The van der Waals surface area contributed by atoms with E-state index in [2.05, 4.69) is 9.89 Å². The maximum absolute atomic E-state index is 12.3. The number of carbonyl (C=O) groups excluding carboxylic acids is 1. The number of methoxy groups -OCH3 is 1. The second kappa shape index (κ2) is 9.35. The Morgan fingerprint density at radius 1 is 1.31 bits per heavy atom. The van der Waals surface area contributed by atoms with Crippen LogP contribution in [0.2, 0.25) is 0 Å². The Kier molecular flexibility index (Phi) is 7.17. The van der Waals surface area contributed by atoms with Crippen molar-refractivity contribution in [2.45, 2.75) is 51.8 Å². The number of halogens is 2. The molecule has 6 nitrogen and oxygen atoms in total. The second-order valence-corrected chi connectivity index (χ2v) is 6.23. The summed E-state index contributed by atoms with van der Waals surface area (Å²) in [4.78, 5) is 19.2. The molecule has 0 N–H and O–H groups in total. The van der Waals surface area contributed by atoms with E-state index in [1.54, 1.807) is 0 Å². The standard InChI is InChI=1S/C18H24F2N2O4/c1-12-5-4-6-13(2)22(12)17(23)11-25-21-10-14-7-8-15(26-18(19)20)16(9-14)24-3/h7-10,12-13,18H,4-6,11H2,1-3H3/b21-10-/t12-,13-/m1/s1. The van der Waals surface area contributed by atoms with E-state index in [0.717, 1.165) is 19.3 Å². The Morgan fingerprint density at radius 3 is 2.62 bits per heavy atom. The molecule has 0 unspecified atom stereocenters. The lowest BCUT2D eigenvalue weighted by Crippen LogP contribution is -2.48. The molecule has 144 valence electrons. The van der Waals surface area contributed by atoms with Crippen LogP contribution in [0.25, 0.3) is 0 Å². The molecule has 0 radical (unpaired) electrons. The van der Waals surface area contributed by atoms with Crippen LogP contribution in [0, 0.1) is 0 Å². The van der Waals surface area contributed by atoms with Crippen molar-refractivity contribution in [3.63, 3.8) is 0 Å². The summed E-state index contributed by atoms with van der Waals surface area (Å²) in [5.41, 5.74) is 0.565. The average Bonchev–Trinajstić information content (AvgIpc) is 2.59. The van der Waals surface area contributed by atoms with Crippen molar-refractivity contribution in [2.75, 3.05) is 13.7 Å². The van der Waals surface area contributed by atoms with Crippen molar-refractivity contribution in [1.82, 2.24) is 4.90 Å². The minimum atomic E-state index is -2.93. The number of piperidine rings is 1. The largest absolute Gasteiger partial charge is 0.493 e. The number of ether oxygens (including phenoxy) is 2. The van der Waals surface area contributed by atoms with Crippen LogP contribution < -0.4 is 9.47 Å². The number of likely N-dealkylation sites (tertiary alicyclic amines) is 1. The number of hydrogen-bond acceptors (Lipinski definition) is 5. The van der Waals surface area contributed by atoms with Crippen LogP contribution in [-0.4, -0.2) is 49.4 Å². The lowest BCUT2D eigenvalue weighted by molar-refractivity contribution is -0.142. The zero-order valence-electron chi connectivity index (χ0n) is 15.2. The van der Waals surface area contributed by atoms with Crippen LogP contribution in [0.3, 0.4) is 0 Å². The predicted molar refractivity (Wildman–Crippen MR) is 92.8 cm³/mol. The number of benzene rings is 1. The molecule has 0 aliphatic carbocycles. The van der Waals surface area contributed by atoms with Crippen molar-refractivity contribution >= 4 is 12.1 Å². The number of hydrogen-bond donors (Lipinski definition) is 0. The topological polar surface area (TPSA) is 60.4 Å². The van der Waals surface area contributed by atoms with Crippen LogP contribution in [0.4, 0.5) is 8.78 Å². The third-order valence-electron chi connectivity index (χ3n) is 4.35. The first kappa shape index (κ1) is 19.9. The molecule has 1 aliphatic heterocycles. The quantitative estimate of drug-likeness (QED) is 0.545. The van der Waals surface area contributed by atoms with Gasteiger partial charge in [0.2, 0.25) is 0 Å². The molecule has 1 aromatic rings. The fraction of sp³-hybridized carbons (Fsp3) is 0.556. The minimum Gasteiger partial charge on any atom is -0.493 e. The number of carbonyl (C=O) groups is 1. The van der Waals surface area contributed by atoms with Crippen LogP contribution in [0.5, 0.6) is 11.5 Å². The Balaban J connectivity index is 1.91. The minimum absolute atomic E-state index is 0.0659. The maximum Gasteiger partial charge on any atom is 0.387 e. The van der Waals surface area contributed by atoms with E-state index >= 15 is 0 Å². The fourth-order valence-electron chi connectivity index (χ4n) is 3.14. The maximum atomic E-state index is 12.3. The summed E-state index contributed by atoms with van der Waals surface area (Å²) in [5.74, 6) is -0.00905. The van der Waals surface area contributed by atoms with Crippen LogP contribution in [0.15, 0.2) is 23.4 Å². The molecule has 0 aromatic heterocycles. The predicted octanol–water partition coefficient (Wildman–Crippen LogP) is 3.44. The molecule has 0 saturated carbocycles. The molecule has 1 fully saturated rings. The van der Waals surface area contributed by atoms with Crippen molar-refractivity contribution in [3.05, 3.63) is 23.8 Å². The number of nitrogens with zero attached hydrogens (tertiary/aromatic N) is 2. The first-order valence-electron chi connectivity index (χ1n) is 8.51. The molecule has 0 spiro atoms. The highest BCUT2D eigenvalue weighted by molar-refractivity contribution is 5.81. The number of oxime groups is 1. The molecule has 26 heavy (non-hydrogen) atoms. The number of amides is 1. The van der Waals surface area contributed by atoms with Gasteiger partial charge in [0.25, 0.3) is 5.91 Å². The SMILES string of the molecule is COc1cc(/C=N\OCC(=O)N2[C@H](C)CCC[C@H]2C)ccc1OC(F)F. The van der Waals surface area contributed by atoms with E-state index in [1.807, 2.05) is 18.7 Å². The zero-order chi connectivity index (χ0) is 19.1. The monoisotopic (exact) mass is 370 g/mol. The molecule has 1 amide bonds. The second-order valence-electron chi connectivity index (χ2n) is 6.23. The highest BCUT2D eigenvalue weighted by Gasteiger charge is 2.28. The van der Waals surface area contributed by atoms with Gasteiger partial charge >= 0.3 is 6.61 Å². The van der Waals surface area contributed by atoms with Crippen LogP contribution in [-0.2, 0) is 9.63 Å². The van der Waals surface area contributed by atoms with Gasteiger partial charge in [0, 0.05) is 17.6 Å². The summed E-state index contributed by atoms with van der Waals surface area (Å²) in [6, 6.07) is 4.77. The zero-order valence-corrected chi connectivity index (χ0v) is 15.2. The Hall–Kier alpha value is -2.38. The molecule has 1 aliphatic rings. The van der Waals surface area contributed by atoms with Gasteiger partial charge in [-0.25, -0.2) is 0 Å². The van der Waals surface area contributed by atoms with E-state index in [0.29, 0.717) is 5.56 Å². The summed E-state index contributed by atoms with van der Waals surface area (Å²) in [5, 5.41) is 3.78. The summed E-state index contributed by atoms with van der Waals surface area (Å²) >= 11 is 0. The van der Waals surface area contributed by atoms with Gasteiger partial charge in [-0.05, 0) is 51.3 Å². The molecule has 2 atom stereocenters. The summed E-state index contributed by atoms with van der Waals surface area (Å²) < 4.78 is 34.0. The smallest absolute Gasteiger partial charge is 0.387 e. The molecular weight excluding hydrogens is 346 g/mol. The molecule has 1 heterocycles. The van der Waals surface area contributed by atoms with Crippen LogP contribution in [0.1, 0.15) is 38.7 Å². The molecule has 1 saturated heterocycles. The summed E-state index contributed by atoms with van der Waals surface area (Å²) in [6.45, 7) is 0.991. The van der Waals surface area contributed by atoms with Crippen molar-refractivity contribution < 1.29 is 27.9 Å². The van der Waals surface area contributed by atoms with Gasteiger partial charge in [0.15, 0.2) is 18.1 Å². The Morgan fingerprint density at radius 2 is 2.00 bits per heavy atom. The van der Waals surface area contributed by atoms with Gasteiger partial charge in [-0.15, -0.1) is 0 Å². The Bertz CT molecular complexity index is 630. The third kappa shape index (κ3) is 5.31. The van der Waals surface area contributed by atoms with Gasteiger partial charge in [0.1, 0.15) is 0 Å². The number of alkyl halides is 2. The first-order chi connectivity index (χ1) is 12.4. The fourth-order valence-corrected chi connectivity index (χ4v) is 3.14. The lowest BCUT2D eigenvalue weighted by atomic mass is 9.97. The van der Waals surface area contributed by atoms with Crippen molar-refractivity contribution in [3.8, 4) is 11.5 Å². The van der Waals surface area contributed by atoms with E-state index < -0.39 is 6.61 Å². The molecule has 8 heteroatoms. The molecule has 0 bridgehead atoms. The summed E-state index contributed by atoms with van der Waals surface area (Å²) in [7, 11) is 1.35. The van der Waals surface area contributed by atoms with Gasteiger partial charge in [-0.1, -0.05) is 5.16 Å². The van der Waals surface area contributed by atoms with Gasteiger partial charge < -0.3 is 19.2 Å². The van der Waals surface area contributed by atoms with E-state index in [1.165, 1.54) is 31.5 Å². The van der Waals surface area contributed by atoms with Crippen molar-refractivity contribution in [2.24, 2.45) is 5.16 Å².